The third-order valence-corrected chi connectivity index (χ3v) is 0.389. The van der Waals surface area contributed by atoms with Crippen LogP contribution in [0.4, 0.5) is 8.78 Å². The second-order valence-corrected chi connectivity index (χ2v) is 1.45. The second kappa shape index (κ2) is 2.00. The van der Waals surface area contributed by atoms with Crippen molar-refractivity contribution in [1.29, 1.82) is 0 Å². The van der Waals surface area contributed by atoms with E-state index in [0.717, 1.165) is 6.92 Å². The van der Waals surface area contributed by atoms with Gasteiger partial charge in [-0.15, -0.1) is 0 Å². The van der Waals surface area contributed by atoms with Crippen LogP contribution in [-0.4, -0.2) is 19.2 Å². The fourth-order valence-corrected chi connectivity index (χ4v) is 0.196. The molecule has 42 valence electrons. The number of alkyl halides is 2. The summed E-state index contributed by atoms with van der Waals surface area (Å²) in [5.41, 5.74) is 0. The Morgan fingerprint density at radius 1 is 1.71 bits per heavy atom. The molecule has 0 radical (unpaired) electrons. The number of hydrogen-bond acceptors (Lipinski definition) is 1. The van der Waals surface area contributed by atoms with Gasteiger partial charge in [0.1, 0.15) is 6.54 Å². The van der Waals surface area contributed by atoms with Crippen molar-refractivity contribution in [3.63, 3.8) is 0 Å². The molecule has 0 heterocycles. The number of nitrogens with zero attached hydrogens (tertiary/aromatic N) is 1. The van der Waals surface area contributed by atoms with E-state index in [1.807, 2.05) is 0 Å². The monoisotopic (exact) mass is 107 g/mol. The van der Waals surface area contributed by atoms with E-state index in [2.05, 4.69) is 11.7 Å². The summed E-state index contributed by atoms with van der Waals surface area (Å²) >= 11 is 0. The Balaban J connectivity index is 3.34. The molecule has 0 aliphatic rings. The van der Waals surface area contributed by atoms with Gasteiger partial charge in [0.05, 0.1) is 0 Å². The van der Waals surface area contributed by atoms with Gasteiger partial charge in [0.2, 0.25) is 0 Å². The largest absolute Gasteiger partial charge is 0.295 e. The zero-order valence-corrected chi connectivity index (χ0v) is 4.12. The maximum absolute atomic E-state index is 11.6. The highest BCUT2D eigenvalue weighted by molar-refractivity contribution is 5.23. The number of aliphatic imine (C=N–C) groups is 1. The predicted molar refractivity (Wildman–Crippen MR) is 25.0 cm³/mol. The molecule has 3 heteroatoms. The van der Waals surface area contributed by atoms with Gasteiger partial charge in [-0.25, -0.2) is 8.78 Å². The Hall–Kier alpha value is -0.470. The molecule has 1 nitrogen and oxygen atoms in total. The lowest BCUT2D eigenvalue weighted by atomic mass is 10.4. The Morgan fingerprint density at radius 3 is 2.14 bits per heavy atom. The lowest BCUT2D eigenvalue weighted by Crippen LogP contribution is -2.13. The van der Waals surface area contributed by atoms with Crippen LogP contribution in [0.25, 0.3) is 0 Å². The molecule has 0 aromatic rings. The van der Waals surface area contributed by atoms with Crippen LogP contribution in [0.1, 0.15) is 6.92 Å². The summed E-state index contributed by atoms with van der Waals surface area (Å²) < 4.78 is 23.2. The molecule has 0 saturated carbocycles. The fraction of sp³-hybridized carbons (Fsp3) is 0.750. The van der Waals surface area contributed by atoms with Gasteiger partial charge in [0.25, 0.3) is 5.92 Å². The average molecular weight is 107 g/mol. The van der Waals surface area contributed by atoms with Crippen molar-refractivity contribution >= 4 is 6.72 Å². The van der Waals surface area contributed by atoms with Crippen molar-refractivity contribution in [3.05, 3.63) is 0 Å². The SMILES string of the molecule is C=NCC(C)(F)F. The summed E-state index contributed by atoms with van der Waals surface area (Å²) in [6, 6.07) is 0. The van der Waals surface area contributed by atoms with Crippen LogP contribution in [0, 0.1) is 0 Å². The summed E-state index contributed by atoms with van der Waals surface area (Å²) in [6.45, 7) is 3.24. The van der Waals surface area contributed by atoms with Crippen molar-refractivity contribution in [3.8, 4) is 0 Å². The first kappa shape index (κ1) is 6.53. The number of rotatable bonds is 2. The molecular formula is C4H7F2N. The van der Waals surface area contributed by atoms with Crippen molar-refractivity contribution in [2.75, 3.05) is 6.54 Å². The first-order chi connectivity index (χ1) is 3.06. The molecule has 7 heavy (non-hydrogen) atoms. The van der Waals surface area contributed by atoms with E-state index in [1.165, 1.54) is 0 Å². The normalized spacial score (nSPS) is 11.3. The van der Waals surface area contributed by atoms with Crippen LogP contribution in [0.3, 0.4) is 0 Å². The van der Waals surface area contributed by atoms with Crippen molar-refractivity contribution in [1.82, 2.24) is 0 Å². The summed E-state index contributed by atoms with van der Waals surface area (Å²) in [5, 5.41) is 0. The van der Waals surface area contributed by atoms with Crippen LogP contribution in [0.5, 0.6) is 0 Å². The van der Waals surface area contributed by atoms with Crippen LogP contribution >= 0.6 is 0 Å². The number of hydrogen-bond donors (Lipinski definition) is 0. The maximum atomic E-state index is 11.6. The molecule has 0 unspecified atom stereocenters. The van der Waals surface area contributed by atoms with Gasteiger partial charge >= 0.3 is 0 Å². The molecule has 0 saturated heterocycles. The van der Waals surface area contributed by atoms with E-state index < -0.39 is 12.5 Å². The van der Waals surface area contributed by atoms with Gasteiger partial charge in [0.15, 0.2) is 0 Å². The summed E-state index contributed by atoms with van der Waals surface area (Å²) in [7, 11) is 0. The third kappa shape index (κ3) is 5.53. The average Bonchev–Trinajstić information content (AvgIpc) is 1.30. The highest BCUT2D eigenvalue weighted by Crippen LogP contribution is 2.09. The molecule has 0 aliphatic heterocycles. The standard InChI is InChI=1S/C4H7F2N/c1-4(5,6)3-7-2/h2-3H2,1H3. The van der Waals surface area contributed by atoms with Gasteiger partial charge in [-0.2, -0.15) is 0 Å². The first-order valence-electron chi connectivity index (χ1n) is 1.86. The van der Waals surface area contributed by atoms with Gasteiger partial charge in [-0.3, -0.25) is 4.99 Å². The molecule has 0 amide bonds. The number of halogens is 2. The lowest BCUT2D eigenvalue weighted by molar-refractivity contribution is 0.0329. The molecule has 0 rings (SSSR count). The van der Waals surface area contributed by atoms with E-state index in [-0.39, 0.29) is 0 Å². The lowest BCUT2D eigenvalue weighted by Gasteiger charge is -2.02. The van der Waals surface area contributed by atoms with E-state index in [9.17, 15) is 8.78 Å². The van der Waals surface area contributed by atoms with Gasteiger partial charge < -0.3 is 0 Å². The zero-order chi connectivity index (χ0) is 5.91. The van der Waals surface area contributed by atoms with Gasteiger partial charge in [-0.05, 0) is 6.72 Å². The first-order valence-corrected chi connectivity index (χ1v) is 1.86. The van der Waals surface area contributed by atoms with Gasteiger partial charge in [0, 0.05) is 6.92 Å². The Morgan fingerprint density at radius 2 is 2.14 bits per heavy atom. The van der Waals surface area contributed by atoms with E-state index >= 15 is 0 Å². The smallest absolute Gasteiger partial charge is 0.264 e. The van der Waals surface area contributed by atoms with Crippen molar-refractivity contribution in [2.45, 2.75) is 12.8 Å². The van der Waals surface area contributed by atoms with Gasteiger partial charge in [-0.1, -0.05) is 0 Å². The van der Waals surface area contributed by atoms with E-state index in [1.54, 1.807) is 0 Å². The van der Waals surface area contributed by atoms with E-state index in [0.29, 0.717) is 0 Å². The topological polar surface area (TPSA) is 12.4 Å². The molecule has 0 aromatic carbocycles. The minimum Gasteiger partial charge on any atom is -0.295 e. The van der Waals surface area contributed by atoms with E-state index in [4.69, 9.17) is 0 Å². The minimum absolute atomic E-state index is 0.479. The predicted octanol–water partition coefficient (Wildman–Crippen LogP) is 1.34. The summed E-state index contributed by atoms with van der Waals surface area (Å²) in [5.74, 6) is -2.68. The Bertz CT molecular complexity index is 64.6. The van der Waals surface area contributed by atoms with Crippen LogP contribution in [0.15, 0.2) is 4.99 Å². The Labute approximate surface area is 41.1 Å². The summed E-state index contributed by atoms with van der Waals surface area (Å²) in [6.07, 6.45) is 0. The molecule has 0 bridgehead atoms. The maximum Gasteiger partial charge on any atom is 0.264 e. The molecule has 0 atom stereocenters. The molecule has 0 aromatic heterocycles. The summed E-state index contributed by atoms with van der Waals surface area (Å²) in [4.78, 5) is 3.01. The molecule has 0 aliphatic carbocycles. The highest BCUT2D eigenvalue weighted by atomic mass is 19.3. The molecular weight excluding hydrogens is 100 g/mol. The molecule has 0 fully saturated rings. The zero-order valence-electron chi connectivity index (χ0n) is 4.12. The van der Waals surface area contributed by atoms with Crippen LogP contribution in [-0.2, 0) is 0 Å². The second-order valence-electron chi connectivity index (χ2n) is 1.45. The van der Waals surface area contributed by atoms with Crippen molar-refractivity contribution < 1.29 is 8.78 Å². The van der Waals surface area contributed by atoms with Crippen LogP contribution < -0.4 is 0 Å². The third-order valence-electron chi connectivity index (χ3n) is 0.389. The molecule has 0 spiro atoms. The molecule has 0 N–H and O–H groups in total. The van der Waals surface area contributed by atoms with Crippen LogP contribution in [0.2, 0.25) is 0 Å². The Kier molecular flexibility index (Phi) is 1.87. The highest BCUT2D eigenvalue weighted by Gasteiger charge is 2.18. The quantitative estimate of drug-likeness (QED) is 0.472. The van der Waals surface area contributed by atoms with Crippen molar-refractivity contribution in [2.24, 2.45) is 4.99 Å². The minimum atomic E-state index is -2.68. The fourth-order valence-electron chi connectivity index (χ4n) is 0.196.